The summed E-state index contributed by atoms with van der Waals surface area (Å²) in [6.07, 6.45) is 3.42. The largest absolute Gasteiger partial charge is 0.354 e. The third kappa shape index (κ3) is 9.69. The summed E-state index contributed by atoms with van der Waals surface area (Å²) in [7, 11) is 4.07. The van der Waals surface area contributed by atoms with Gasteiger partial charge < -0.3 is 16.0 Å². The Labute approximate surface area is 93.2 Å². The average molecular weight is 215 g/mol. The molecule has 4 nitrogen and oxygen atoms in total. The standard InChI is InChI=1S/C11H25N3O/c1-10(7-9-14(2)3)13-11(15)6-4-5-8-12/h10H,4-9,12H2,1-3H3,(H,13,15). The number of nitrogens with two attached hydrogens (primary N) is 1. The number of unbranched alkanes of at least 4 members (excludes halogenated alkanes) is 1. The van der Waals surface area contributed by atoms with Crippen molar-refractivity contribution in [3.8, 4) is 0 Å². The minimum absolute atomic E-state index is 0.148. The van der Waals surface area contributed by atoms with Crippen molar-refractivity contribution in [2.45, 2.75) is 38.6 Å². The second-order valence-corrected chi connectivity index (χ2v) is 4.31. The summed E-state index contributed by atoms with van der Waals surface area (Å²) in [5.74, 6) is 0.148. The van der Waals surface area contributed by atoms with Gasteiger partial charge in [0.05, 0.1) is 0 Å². The van der Waals surface area contributed by atoms with Gasteiger partial charge >= 0.3 is 0 Å². The number of hydrogen-bond donors (Lipinski definition) is 2. The van der Waals surface area contributed by atoms with E-state index in [1.54, 1.807) is 0 Å². The summed E-state index contributed by atoms with van der Waals surface area (Å²) < 4.78 is 0. The Morgan fingerprint density at radius 3 is 2.60 bits per heavy atom. The number of amides is 1. The fourth-order valence-corrected chi connectivity index (χ4v) is 1.30. The van der Waals surface area contributed by atoms with Gasteiger partial charge in [-0.3, -0.25) is 4.79 Å². The molecule has 0 aromatic rings. The molecule has 0 bridgehead atoms. The number of nitrogens with zero attached hydrogens (tertiary/aromatic N) is 1. The first kappa shape index (κ1) is 14.4. The van der Waals surface area contributed by atoms with Crippen LogP contribution in [0.15, 0.2) is 0 Å². The highest BCUT2D eigenvalue weighted by molar-refractivity contribution is 5.76. The van der Waals surface area contributed by atoms with Gasteiger partial charge in [-0.25, -0.2) is 0 Å². The molecule has 0 spiro atoms. The number of hydrogen-bond acceptors (Lipinski definition) is 3. The van der Waals surface area contributed by atoms with Crippen LogP contribution >= 0.6 is 0 Å². The van der Waals surface area contributed by atoms with Gasteiger partial charge in [-0.05, 0) is 53.4 Å². The van der Waals surface area contributed by atoms with Crippen molar-refractivity contribution in [1.82, 2.24) is 10.2 Å². The summed E-state index contributed by atoms with van der Waals surface area (Å²) in [4.78, 5) is 13.5. The van der Waals surface area contributed by atoms with Crippen LogP contribution in [-0.2, 0) is 4.79 Å². The molecule has 0 aromatic heterocycles. The Morgan fingerprint density at radius 2 is 2.07 bits per heavy atom. The first-order valence-corrected chi connectivity index (χ1v) is 5.70. The van der Waals surface area contributed by atoms with Crippen LogP contribution < -0.4 is 11.1 Å². The quantitative estimate of drug-likeness (QED) is 0.582. The first-order valence-electron chi connectivity index (χ1n) is 5.70. The molecule has 0 aliphatic rings. The molecule has 0 heterocycles. The van der Waals surface area contributed by atoms with E-state index in [9.17, 15) is 4.79 Å². The molecule has 0 fully saturated rings. The molecular weight excluding hydrogens is 190 g/mol. The molecule has 1 unspecified atom stereocenters. The van der Waals surface area contributed by atoms with E-state index in [-0.39, 0.29) is 11.9 Å². The average Bonchev–Trinajstić information content (AvgIpc) is 2.15. The molecule has 15 heavy (non-hydrogen) atoms. The molecule has 1 amide bonds. The zero-order valence-electron chi connectivity index (χ0n) is 10.3. The molecule has 0 aliphatic heterocycles. The Morgan fingerprint density at radius 1 is 1.40 bits per heavy atom. The molecule has 0 aliphatic carbocycles. The molecule has 1 atom stereocenters. The number of rotatable bonds is 8. The van der Waals surface area contributed by atoms with Crippen LogP contribution in [0.4, 0.5) is 0 Å². The SMILES string of the molecule is CC(CCN(C)C)NC(=O)CCCCN. The Hall–Kier alpha value is -0.610. The van der Waals surface area contributed by atoms with E-state index in [2.05, 4.69) is 10.2 Å². The fraction of sp³-hybridized carbons (Fsp3) is 0.909. The van der Waals surface area contributed by atoms with Gasteiger partial charge in [-0.1, -0.05) is 0 Å². The zero-order valence-corrected chi connectivity index (χ0v) is 10.3. The van der Waals surface area contributed by atoms with Gasteiger partial charge in [0.15, 0.2) is 0 Å². The van der Waals surface area contributed by atoms with Gasteiger partial charge in [0.2, 0.25) is 5.91 Å². The second-order valence-electron chi connectivity index (χ2n) is 4.31. The van der Waals surface area contributed by atoms with Crippen molar-refractivity contribution in [3.63, 3.8) is 0 Å². The smallest absolute Gasteiger partial charge is 0.220 e. The number of carbonyl (C=O) groups is 1. The van der Waals surface area contributed by atoms with Crippen molar-refractivity contribution < 1.29 is 4.79 Å². The number of nitrogens with one attached hydrogen (secondary N) is 1. The van der Waals surface area contributed by atoms with Crippen LogP contribution in [0.5, 0.6) is 0 Å². The maximum atomic E-state index is 11.4. The van der Waals surface area contributed by atoms with E-state index >= 15 is 0 Å². The van der Waals surface area contributed by atoms with Crippen LogP contribution in [0.3, 0.4) is 0 Å². The van der Waals surface area contributed by atoms with Crippen molar-refractivity contribution in [2.75, 3.05) is 27.2 Å². The maximum Gasteiger partial charge on any atom is 0.220 e. The van der Waals surface area contributed by atoms with Gasteiger partial charge in [0.1, 0.15) is 0 Å². The summed E-state index contributed by atoms with van der Waals surface area (Å²) in [6, 6.07) is 0.262. The molecule has 4 heteroatoms. The predicted octanol–water partition coefficient (Wildman–Crippen LogP) is 0.572. The fourth-order valence-electron chi connectivity index (χ4n) is 1.30. The summed E-state index contributed by atoms with van der Waals surface area (Å²) in [6.45, 7) is 3.72. The molecular formula is C11H25N3O. The van der Waals surface area contributed by atoms with Gasteiger partial charge in [0, 0.05) is 12.5 Å². The lowest BCUT2D eigenvalue weighted by Crippen LogP contribution is -2.34. The third-order valence-corrected chi connectivity index (χ3v) is 2.27. The molecule has 0 aromatic carbocycles. The van der Waals surface area contributed by atoms with E-state index < -0.39 is 0 Å². The highest BCUT2D eigenvalue weighted by Gasteiger charge is 2.06. The highest BCUT2D eigenvalue weighted by Crippen LogP contribution is 1.97. The van der Waals surface area contributed by atoms with Crippen LogP contribution in [0.1, 0.15) is 32.6 Å². The first-order chi connectivity index (χ1) is 7.06. The minimum atomic E-state index is 0.148. The van der Waals surface area contributed by atoms with E-state index in [0.717, 1.165) is 25.8 Å². The Kier molecular flexibility index (Phi) is 8.33. The predicted molar refractivity (Wildman–Crippen MR) is 63.7 cm³/mol. The highest BCUT2D eigenvalue weighted by atomic mass is 16.1. The van der Waals surface area contributed by atoms with E-state index in [4.69, 9.17) is 5.73 Å². The van der Waals surface area contributed by atoms with Crippen LogP contribution in [0.25, 0.3) is 0 Å². The van der Waals surface area contributed by atoms with Crippen molar-refractivity contribution >= 4 is 5.91 Å². The van der Waals surface area contributed by atoms with Crippen molar-refractivity contribution in [1.29, 1.82) is 0 Å². The van der Waals surface area contributed by atoms with Crippen LogP contribution in [0.2, 0.25) is 0 Å². The van der Waals surface area contributed by atoms with Gasteiger partial charge in [-0.15, -0.1) is 0 Å². The van der Waals surface area contributed by atoms with Crippen LogP contribution in [0, 0.1) is 0 Å². The maximum absolute atomic E-state index is 11.4. The monoisotopic (exact) mass is 215 g/mol. The topological polar surface area (TPSA) is 58.4 Å². The van der Waals surface area contributed by atoms with Gasteiger partial charge in [-0.2, -0.15) is 0 Å². The van der Waals surface area contributed by atoms with Crippen LogP contribution in [-0.4, -0.2) is 44.0 Å². The molecule has 3 N–H and O–H groups in total. The number of carbonyl (C=O) groups excluding carboxylic acids is 1. The molecule has 0 rings (SSSR count). The molecule has 0 saturated heterocycles. The molecule has 0 saturated carbocycles. The normalized spacial score (nSPS) is 12.9. The second kappa shape index (κ2) is 8.68. The molecule has 90 valence electrons. The lowest BCUT2D eigenvalue weighted by molar-refractivity contribution is -0.121. The third-order valence-electron chi connectivity index (χ3n) is 2.27. The summed E-state index contributed by atoms with van der Waals surface area (Å²) in [5, 5.41) is 2.99. The van der Waals surface area contributed by atoms with Gasteiger partial charge in [0.25, 0.3) is 0 Å². The van der Waals surface area contributed by atoms with E-state index in [0.29, 0.717) is 13.0 Å². The zero-order chi connectivity index (χ0) is 11.7. The van der Waals surface area contributed by atoms with Crippen molar-refractivity contribution in [3.05, 3.63) is 0 Å². The van der Waals surface area contributed by atoms with E-state index in [1.807, 2.05) is 21.0 Å². The lowest BCUT2D eigenvalue weighted by Gasteiger charge is -2.16. The summed E-state index contributed by atoms with van der Waals surface area (Å²) >= 11 is 0. The van der Waals surface area contributed by atoms with E-state index in [1.165, 1.54) is 0 Å². The lowest BCUT2D eigenvalue weighted by atomic mass is 10.2. The minimum Gasteiger partial charge on any atom is -0.354 e. The molecule has 0 radical (unpaired) electrons. The Bertz CT molecular complexity index is 171. The van der Waals surface area contributed by atoms with Crippen molar-refractivity contribution in [2.24, 2.45) is 5.73 Å². The summed E-state index contributed by atoms with van der Waals surface area (Å²) in [5.41, 5.74) is 5.36. The Balaban J connectivity index is 3.49.